The molecule has 0 unspecified atom stereocenters. The van der Waals surface area contributed by atoms with Crippen molar-refractivity contribution in [1.29, 1.82) is 0 Å². The number of methoxy groups -OCH3 is 1. The molecule has 0 aliphatic carbocycles. The van der Waals surface area contributed by atoms with Gasteiger partial charge in [-0.3, -0.25) is 0 Å². The van der Waals surface area contributed by atoms with Crippen LogP contribution in [0.25, 0.3) is 30.3 Å². The zero-order chi connectivity index (χ0) is 25.6. The number of hydrogen-bond donors (Lipinski definition) is 1. The first-order valence-corrected chi connectivity index (χ1v) is 16.3. The van der Waals surface area contributed by atoms with Crippen molar-refractivity contribution in [3.63, 3.8) is 0 Å². The predicted octanol–water partition coefficient (Wildman–Crippen LogP) is 8.95. The molecule has 0 radical (unpaired) electrons. The van der Waals surface area contributed by atoms with E-state index in [1.54, 1.807) is 34.8 Å². The number of fused-ring (bicyclic) bond motifs is 1. The van der Waals surface area contributed by atoms with Crippen LogP contribution in [0.5, 0.6) is 0 Å². The number of ether oxygens (including phenoxy) is 1. The Morgan fingerprint density at radius 2 is 1.44 bits per heavy atom. The quantitative estimate of drug-likeness (QED) is 0.259. The molecule has 0 spiro atoms. The molecule has 3 aromatic heterocycles. The van der Waals surface area contributed by atoms with Crippen molar-refractivity contribution in [2.45, 2.75) is 31.9 Å². The molecule has 4 rings (SSSR count). The van der Waals surface area contributed by atoms with Crippen molar-refractivity contribution in [2.24, 2.45) is 0 Å². The monoisotopic (exact) mass is 536 g/mol. The molecule has 0 aliphatic rings. The van der Waals surface area contributed by atoms with Gasteiger partial charge >= 0.3 is 11.9 Å². The van der Waals surface area contributed by atoms with Gasteiger partial charge in [0.2, 0.25) is 0 Å². The van der Waals surface area contributed by atoms with E-state index in [9.17, 15) is 14.7 Å². The molecule has 4 aromatic rings. The molecule has 0 bridgehead atoms. The molecule has 0 atom stereocenters. The Hall–Kier alpha value is -2.13. The molecule has 0 saturated heterocycles. The summed E-state index contributed by atoms with van der Waals surface area (Å²) in [5.74, 6) is -1.50. The van der Waals surface area contributed by atoms with Gasteiger partial charge in [0.1, 0.15) is 0 Å². The van der Waals surface area contributed by atoms with Crippen molar-refractivity contribution in [3.05, 3.63) is 52.9 Å². The maximum absolute atomic E-state index is 12.6. The Morgan fingerprint density at radius 1 is 0.853 bits per heavy atom. The van der Waals surface area contributed by atoms with E-state index >= 15 is 0 Å². The Labute approximate surface area is 215 Å². The van der Waals surface area contributed by atoms with E-state index < -0.39 is 22.0 Å². The van der Waals surface area contributed by atoms with Gasteiger partial charge in [-0.25, -0.2) is 19.6 Å². The number of carbonyl (C=O) groups excluding carboxylic acids is 1. The zero-order valence-electron chi connectivity index (χ0n) is 20.8. The molecule has 0 fully saturated rings. The average molecular weight is 537 g/mol. The maximum atomic E-state index is 12.6. The molecule has 0 amide bonds. The molecule has 0 aliphatic heterocycles. The first kappa shape index (κ1) is 28.1. The van der Waals surface area contributed by atoms with Crippen LogP contribution in [-0.4, -0.2) is 42.9 Å². The summed E-state index contributed by atoms with van der Waals surface area (Å²) in [4.78, 5) is 26.3. The van der Waals surface area contributed by atoms with E-state index in [4.69, 9.17) is 4.74 Å². The highest BCUT2D eigenvalue weighted by atomic mass is 32.3. The summed E-state index contributed by atoms with van der Waals surface area (Å²) in [5.41, 5.74) is 1.68. The number of carboxylic acid groups (broad SMARTS) is 1. The third-order valence-electron chi connectivity index (χ3n) is 4.63. The second-order valence-corrected chi connectivity index (χ2v) is 14.9. The van der Waals surface area contributed by atoms with Gasteiger partial charge in [0.15, 0.2) is 0 Å². The number of carboxylic acids is 1. The largest absolute Gasteiger partial charge is 0.478 e. The minimum atomic E-state index is -1.02. The molecule has 4 nitrogen and oxygen atoms in total. The fourth-order valence-electron chi connectivity index (χ4n) is 3.14. The van der Waals surface area contributed by atoms with Gasteiger partial charge in [0.25, 0.3) is 0 Å². The highest BCUT2D eigenvalue weighted by molar-refractivity contribution is 8.33. The third kappa shape index (κ3) is 5.92. The highest BCUT2D eigenvalue weighted by Gasteiger charge is 2.23. The van der Waals surface area contributed by atoms with Crippen LogP contribution in [0.2, 0.25) is 0 Å². The maximum Gasteiger partial charge on any atom is 0.338 e. The highest BCUT2D eigenvalue weighted by Crippen LogP contribution is 2.52. The van der Waals surface area contributed by atoms with E-state index in [0.717, 1.165) is 19.2 Å². The molecule has 1 aromatic carbocycles. The lowest BCUT2D eigenvalue weighted by Gasteiger charge is -2.22. The van der Waals surface area contributed by atoms with Crippen LogP contribution in [0.4, 0.5) is 0 Å². The minimum Gasteiger partial charge on any atom is -0.478 e. The van der Waals surface area contributed by atoms with E-state index in [1.165, 1.54) is 22.7 Å². The number of benzene rings is 1. The average Bonchev–Trinajstić information content (AvgIpc) is 3.56. The minimum absolute atomic E-state index is 0.177. The van der Waals surface area contributed by atoms with Crippen LogP contribution in [0.1, 0.15) is 48.4 Å². The zero-order valence-corrected chi connectivity index (χ0v) is 24.1. The smallest absolute Gasteiger partial charge is 0.338 e. The first-order valence-electron chi connectivity index (χ1n) is 10.9. The van der Waals surface area contributed by atoms with Crippen LogP contribution < -0.4 is 0 Å². The lowest BCUT2D eigenvalue weighted by Crippen LogP contribution is -2.07. The second kappa shape index (κ2) is 12.0. The third-order valence-corrected chi connectivity index (χ3v) is 10.7. The molecule has 1 N–H and O–H groups in total. The number of carbonyl (C=O) groups is 2. The standard InChI is InChI=1S/C22H20O4S4.2C2H6/c1-26-22(25)15-9-12(16-6-5-7-27-16)14(21(23)24)8-13(15)17-10-18-19(28-17)11-20(29-18)30(2,3)4;2*1-2/h5-11H,1-4H3,(H,23,24);2*1-2H3. The Bertz CT molecular complexity index is 1230. The number of rotatable bonds is 5. The molecule has 0 saturated carbocycles. The van der Waals surface area contributed by atoms with Crippen LogP contribution >= 0.6 is 44.0 Å². The van der Waals surface area contributed by atoms with Crippen molar-refractivity contribution < 1.29 is 19.4 Å². The van der Waals surface area contributed by atoms with Crippen LogP contribution in [0.15, 0.2) is 46.0 Å². The number of aromatic carboxylic acids is 1. The van der Waals surface area contributed by atoms with Gasteiger partial charge in [-0.05, 0) is 54.5 Å². The molecule has 34 heavy (non-hydrogen) atoms. The normalized spacial score (nSPS) is 11.2. The summed E-state index contributed by atoms with van der Waals surface area (Å²) in [6.45, 7) is 8.00. The first-order chi connectivity index (χ1) is 16.2. The number of thiophene rings is 3. The summed E-state index contributed by atoms with van der Waals surface area (Å²) in [7, 11) is 0.529. The molecule has 8 heteroatoms. The Morgan fingerprint density at radius 3 is 1.94 bits per heavy atom. The number of hydrogen-bond acceptors (Lipinski definition) is 6. The Balaban J connectivity index is 0.000000970. The number of esters is 1. The summed E-state index contributed by atoms with van der Waals surface area (Å²) < 4.78 is 8.71. The lowest BCUT2D eigenvalue weighted by atomic mass is 9.96. The molecular formula is C26H32O4S4. The molecule has 3 heterocycles. The second-order valence-electron chi connectivity index (χ2n) is 7.46. The van der Waals surface area contributed by atoms with Crippen LogP contribution in [0, 0.1) is 0 Å². The Kier molecular flexibility index (Phi) is 9.94. The van der Waals surface area contributed by atoms with Gasteiger partial charge in [-0.1, -0.05) is 33.8 Å². The summed E-state index contributed by atoms with van der Waals surface area (Å²) in [6, 6.07) is 11.2. The summed E-state index contributed by atoms with van der Waals surface area (Å²) in [5, 5.41) is 11.7. The van der Waals surface area contributed by atoms with Gasteiger partial charge in [-0.15, -0.1) is 34.0 Å². The molecular weight excluding hydrogens is 505 g/mol. The fourth-order valence-corrected chi connectivity index (χ4v) is 7.87. The SMILES string of the molecule is CC.CC.COC(=O)c1cc(-c2cccs2)c(C(=O)O)cc1-c1cc2sc(S(C)(C)C)cc2s1. The van der Waals surface area contributed by atoms with Gasteiger partial charge < -0.3 is 9.84 Å². The topological polar surface area (TPSA) is 63.6 Å². The predicted molar refractivity (Wildman–Crippen MR) is 153 cm³/mol. The van der Waals surface area contributed by atoms with E-state index in [-0.39, 0.29) is 5.56 Å². The lowest BCUT2D eigenvalue weighted by molar-refractivity contribution is 0.0599. The van der Waals surface area contributed by atoms with Gasteiger partial charge in [0, 0.05) is 34.5 Å². The van der Waals surface area contributed by atoms with Gasteiger partial charge in [0.05, 0.1) is 18.2 Å². The fraction of sp³-hybridized carbons (Fsp3) is 0.308. The van der Waals surface area contributed by atoms with Crippen molar-refractivity contribution in [2.75, 3.05) is 25.9 Å². The van der Waals surface area contributed by atoms with E-state index in [0.29, 0.717) is 16.7 Å². The van der Waals surface area contributed by atoms with E-state index in [1.807, 2.05) is 45.2 Å². The van der Waals surface area contributed by atoms with Gasteiger partial charge in [-0.2, -0.15) is 0 Å². The van der Waals surface area contributed by atoms with Crippen molar-refractivity contribution in [1.82, 2.24) is 0 Å². The van der Waals surface area contributed by atoms with Crippen molar-refractivity contribution in [3.8, 4) is 20.9 Å². The van der Waals surface area contributed by atoms with Crippen LogP contribution in [0.3, 0.4) is 0 Å². The van der Waals surface area contributed by atoms with E-state index in [2.05, 4.69) is 30.9 Å². The summed E-state index contributed by atoms with van der Waals surface area (Å²) >= 11 is 4.78. The summed E-state index contributed by atoms with van der Waals surface area (Å²) in [6.07, 6.45) is 6.79. The molecule has 184 valence electrons. The van der Waals surface area contributed by atoms with Crippen LogP contribution in [-0.2, 0) is 4.74 Å². The van der Waals surface area contributed by atoms with Crippen molar-refractivity contribution >= 4 is 65.4 Å².